The van der Waals surface area contributed by atoms with Crippen LogP contribution in [0.25, 0.3) is 0 Å². The molecule has 0 saturated heterocycles. The van der Waals surface area contributed by atoms with Crippen molar-refractivity contribution in [2.75, 3.05) is 0 Å². The van der Waals surface area contributed by atoms with Gasteiger partial charge in [0.15, 0.2) is 0 Å². The van der Waals surface area contributed by atoms with E-state index in [0.717, 1.165) is 18.5 Å². The van der Waals surface area contributed by atoms with Crippen molar-refractivity contribution in [3.05, 3.63) is 102 Å². The molecule has 0 atom stereocenters. The predicted octanol–water partition coefficient (Wildman–Crippen LogP) is 6.62. The summed E-state index contributed by atoms with van der Waals surface area (Å²) in [4.78, 5) is 0. The minimum atomic E-state index is -2.51. The van der Waals surface area contributed by atoms with Crippen LogP contribution in [0.5, 0.6) is 0 Å². The average molecular weight is 498 g/mol. The molecule has 0 N–H and O–H groups in total. The summed E-state index contributed by atoms with van der Waals surface area (Å²) in [7, 11) is 0. The molecule has 3 rings (SSSR count). The Morgan fingerprint density at radius 2 is 1.10 bits per heavy atom. The summed E-state index contributed by atoms with van der Waals surface area (Å²) >= 11 is -2.51. The standard InChI is InChI=1S/2C10H13.C6H3F2.Sn/c2*1-10(2,3)9-7-5-4-6-8-9;7-5-2-1-3-6(8)4-5;/h2*4-8H,1H2,2-3H3;1-2,4H;/q;;;+1. The van der Waals surface area contributed by atoms with Crippen molar-refractivity contribution in [3.63, 3.8) is 0 Å². The van der Waals surface area contributed by atoms with Crippen molar-refractivity contribution in [3.8, 4) is 0 Å². The van der Waals surface area contributed by atoms with Gasteiger partial charge in [0.2, 0.25) is 0 Å². The van der Waals surface area contributed by atoms with Crippen molar-refractivity contribution >= 4 is 23.3 Å². The zero-order valence-corrected chi connectivity index (χ0v) is 20.5. The van der Waals surface area contributed by atoms with Gasteiger partial charge in [0, 0.05) is 0 Å². The summed E-state index contributed by atoms with van der Waals surface area (Å²) < 4.78 is 31.2. The monoisotopic (exact) mass is 499 g/mol. The van der Waals surface area contributed by atoms with E-state index in [-0.39, 0.29) is 16.6 Å². The molecular formula is C26H29F2Sn+. The number of benzene rings is 3. The molecule has 0 spiro atoms. The Morgan fingerprint density at radius 3 is 1.52 bits per heavy atom. The second-order valence-corrected chi connectivity index (χ2v) is 16.1. The SMILES string of the molecule is CC(C)([CH2][Sn+]([CH2]C(C)(C)c1ccccc1)[c]1ccc(F)cc1F)c1ccccc1. The third-order valence-electron chi connectivity index (χ3n) is 5.73. The van der Waals surface area contributed by atoms with E-state index in [1.165, 1.54) is 17.2 Å². The molecule has 0 unspecified atom stereocenters. The Balaban J connectivity index is 1.98. The van der Waals surface area contributed by atoms with Gasteiger partial charge in [0.1, 0.15) is 0 Å². The van der Waals surface area contributed by atoms with E-state index in [2.05, 4.69) is 76.2 Å². The Bertz CT molecular complexity index is 880. The molecule has 0 aliphatic carbocycles. The summed E-state index contributed by atoms with van der Waals surface area (Å²) in [6, 6.07) is 25.1. The molecule has 0 aliphatic rings. The van der Waals surface area contributed by atoms with Crippen LogP contribution in [0.1, 0.15) is 38.8 Å². The fourth-order valence-corrected chi connectivity index (χ4v) is 14.9. The molecule has 0 saturated carbocycles. The summed E-state index contributed by atoms with van der Waals surface area (Å²) in [6.07, 6.45) is 0. The van der Waals surface area contributed by atoms with Gasteiger partial charge in [-0.1, -0.05) is 0 Å². The fourth-order valence-electron chi connectivity index (χ4n) is 4.08. The molecule has 0 radical (unpaired) electrons. The van der Waals surface area contributed by atoms with E-state index >= 15 is 0 Å². The van der Waals surface area contributed by atoms with Crippen molar-refractivity contribution in [2.24, 2.45) is 0 Å². The van der Waals surface area contributed by atoms with Crippen molar-refractivity contribution < 1.29 is 8.78 Å². The van der Waals surface area contributed by atoms with Crippen LogP contribution in [-0.4, -0.2) is 19.8 Å². The van der Waals surface area contributed by atoms with Crippen molar-refractivity contribution in [1.29, 1.82) is 0 Å². The molecule has 0 aliphatic heterocycles. The van der Waals surface area contributed by atoms with Crippen LogP contribution in [0.3, 0.4) is 0 Å². The van der Waals surface area contributed by atoms with E-state index in [1.54, 1.807) is 6.07 Å². The third kappa shape index (κ3) is 5.48. The molecule has 29 heavy (non-hydrogen) atoms. The molecule has 3 heteroatoms. The van der Waals surface area contributed by atoms with Crippen molar-refractivity contribution in [1.82, 2.24) is 0 Å². The molecule has 3 aromatic rings. The van der Waals surface area contributed by atoms with Gasteiger partial charge in [-0.15, -0.1) is 0 Å². The number of rotatable bonds is 7. The van der Waals surface area contributed by atoms with Gasteiger partial charge in [-0.05, 0) is 0 Å². The normalized spacial score (nSPS) is 12.1. The molecule has 150 valence electrons. The van der Waals surface area contributed by atoms with E-state index in [0.29, 0.717) is 0 Å². The minimum absolute atomic E-state index is 0.0520. The fraction of sp³-hybridized carbons (Fsp3) is 0.308. The first kappa shape index (κ1) is 22.0. The van der Waals surface area contributed by atoms with Gasteiger partial charge in [-0.2, -0.15) is 0 Å². The summed E-state index contributed by atoms with van der Waals surface area (Å²) in [6.45, 7) is 9.00. The second kappa shape index (κ2) is 8.99. The second-order valence-electron chi connectivity index (χ2n) is 9.08. The summed E-state index contributed by atoms with van der Waals surface area (Å²) in [5.74, 6) is -0.870. The topological polar surface area (TPSA) is 0 Å². The Kier molecular flexibility index (Phi) is 6.82. The Labute approximate surface area is 180 Å². The maximum atomic E-state index is 14.9. The van der Waals surface area contributed by atoms with Gasteiger partial charge in [0.25, 0.3) is 0 Å². The zero-order chi connectivity index (χ0) is 21.1. The van der Waals surface area contributed by atoms with Crippen LogP contribution in [0.4, 0.5) is 8.78 Å². The zero-order valence-electron chi connectivity index (χ0n) is 17.7. The van der Waals surface area contributed by atoms with Crippen LogP contribution >= 0.6 is 0 Å². The van der Waals surface area contributed by atoms with E-state index in [4.69, 9.17) is 0 Å². The van der Waals surface area contributed by atoms with E-state index in [1.807, 2.05) is 12.1 Å². The van der Waals surface area contributed by atoms with Gasteiger partial charge < -0.3 is 0 Å². The van der Waals surface area contributed by atoms with Gasteiger partial charge in [-0.3, -0.25) is 0 Å². The summed E-state index contributed by atoms with van der Waals surface area (Å²) in [5, 5.41) is 0. The molecular weight excluding hydrogens is 469 g/mol. The molecule has 0 fully saturated rings. The Hall–Kier alpha value is -1.68. The van der Waals surface area contributed by atoms with Crippen LogP contribution in [0.15, 0.2) is 78.9 Å². The number of hydrogen-bond acceptors (Lipinski definition) is 0. The first-order valence-corrected chi connectivity index (χ1v) is 15.6. The maximum absolute atomic E-state index is 14.9. The average Bonchev–Trinajstić information content (AvgIpc) is 2.68. The molecule has 0 heterocycles. The molecule has 3 aromatic carbocycles. The molecule has 0 nitrogen and oxygen atoms in total. The van der Waals surface area contributed by atoms with Crippen LogP contribution in [0, 0.1) is 11.6 Å². The predicted molar refractivity (Wildman–Crippen MR) is 120 cm³/mol. The van der Waals surface area contributed by atoms with Crippen LogP contribution < -0.4 is 3.58 Å². The van der Waals surface area contributed by atoms with Gasteiger partial charge >= 0.3 is 181 Å². The molecule has 0 aromatic heterocycles. The van der Waals surface area contributed by atoms with Gasteiger partial charge in [0.05, 0.1) is 0 Å². The molecule has 0 amide bonds. The van der Waals surface area contributed by atoms with Gasteiger partial charge in [-0.25, -0.2) is 0 Å². The summed E-state index contributed by atoms with van der Waals surface area (Å²) in [5.41, 5.74) is 2.45. The molecule has 0 bridgehead atoms. The number of hydrogen-bond donors (Lipinski definition) is 0. The first-order chi connectivity index (χ1) is 13.7. The number of halogens is 2. The van der Waals surface area contributed by atoms with Crippen LogP contribution in [0.2, 0.25) is 8.87 Å². The Morgan fingerprint density at radius 1 is 0.655 bits per heavy atom. The van der Waals surface area contributed by atoms with Crippen molar-refractivity contribution in [2.45, 2.75) is 47.4 Å². The van der Waals surface area contributed by atoms with Crippen LogP contribution in [-0.2, 0) is 10.8 Å². The first-order valence-electron chi connectivity index (χ1n) is 10.1. The van der Waals surface area contributed by atoms with E-state index < -0.39 is 25.6 Å². The quantitative estimate of drug-likeness (QED) is 0.321. The third-order valence-corrected chi connectivity index (χ3v) is 16.5. The van der Waals surface area contributed by atoms with E-state index in [9.17, 15) is 8.78 Å².